The van der Waals surface area contributed by atoms with Crippen LogP contribution in [0.15, 0.2) is 22.7 Å². The van der Waals surface area contributed by atoms with E-state index in [1.807, 2.05) is 0 Å². The Morgan fingerprint density at radius 2 is 2.29 bits per heavy atom. The van der Waals surface area contributed by atoms with Crippen molar-refractivity contribution in [2.75, 3.05) is 7.11 Å². The predicted octanol–water partition coefficient (Wildman–Crippen LogP) is 2.14. The molecule has 21 heavy (non-hydrogen) atoms. The first-order valence-electron chi connectivity index (χ1n) is 6.46. The second-order valence-electron chi connectivity index (χ2n) is 4.70. The zero-order valence-electron chi connectivity index (χ0n) is 11.3. The van der Waals surface area contributed by atoms with E-state index in [1.165, 1.54) is 7.11 Å². The fourth-order valence-electron chi connectivity index (χ4n) is 1.92. The van der Waals surface area contributed by atoms with Gasteiger partial charge in [0.1, 0.15) is 12.4 Å². The second-order valence-corrected chi connectivity index (χ2v) is 5.55. The van der Waals surface area contributed by atoms with Crippen LogP contribution in [0.4, 0.5) is 0 Å². The lowest BCUT2D eigenvalue weighted by Gasteiger charge is -2.09. The Bertz CT molecular complexity index is 669. The summed E-state index contributed by atoms with van der Waals surface area (Å²) in [5, 5.41) is 11.6. The van der Waals surface area contributed by atoms with Gasteiger partial charge >= 0.3 is 5.97 Å². The monoisotopic (exact) mass is 352 g/mol. The topological polar surface area (TPSA) is 79.1 Å². The number of rotatable bonds is 5. The van der Waals surface area contributed by atoms with Gasteiger partial charge in [-0.05, 0) is 57.4 Å². The van der Waals surface area contributed by atoms with E-state index in [0.29, 0.717) is 27.7 Å². The zero-order valence-corrected chi connectivity index (χ0v) is 12.9. The normalized spacial score (nSPS) is 14.0. The number of carbonyl (C=O) groups excluding carboxylic acids is 1. The Kier molecular flexibility index (Phi) is 3.87. The SMILES string of the molecule is COC(=O)c1ccc(OCc2nnnn2C2CC2)c(Br)c1. The molecule has 1 fully saturated rings. The van der Waals surface area contributed by atoms with E-state index in [1.54, 1.807) is 22.9 Å². The summed E-state index contributed by atoms with van der Waals surface area (Å²) in [4.78, 5) is 11.4. The van der Waals surface area contributed by atoms with Gasteiger partial charge in [-0.3, -0.25) is 0 Å². The molecule has 8 heteroatoms. The van der Waals surface area contributed by atoms with Crippen LogP contribution in [0.3, 0.4) is 0 Å². The van der Waals surface area contributed by atoms with E-state index in [2.05, 4.69) is 36.2 Å². The third-order valence-corrected chi connectivity index (χ3v) is 3.78. The number of methoxy groups -OCH3 is 1. The smallest absolute Gasteiger partial charge is 0.337 e. The number of nitrogens with zero attached hydrogens (tertiary/aromatic N) is 4. The van der Waals surface area contributed by atoms with Gasteiger partial charge in [0, 0.05) is 0 Å². The maximum absolute atomic E-state index is 11.4. The summed E-state index contributed by atoms with van der Waals surface area (Å²) in [5.41, 5.74) is 0.458. The van der Waals surface area contributed by atoms with Crippen molar-refractivity contribution in [1.29, 1.82) is 0 Å². The highest BCUT2D eigenvalue weighted by Gasteiger charge is 2.27. The quantitative estimate of drug-likeness (QED) is 0.767. The van der Waals surface area contributed by atoms with Crippen molar-refractivity contribution in [3.8, 4) is 5.75 Å². The lowest BCUT2D eigenvalue weighted by molar-refractivity contribution is 0.0600. The Morgan fingerprint density at radius 1 is 1.48 bits per heavy atom. The molecule has 2 aromatic rings. The molecule has 1 aliphatic rings. The van der Waals surface area contributed by atoms with E-state index in [9.17, 15) is 4.79 Å². The van der Waals surface area contributed by atoms with Crippen LogP contribution in [0.1, 0.15) is 35.1 Å². The summed E-state index contributed by atoms with van der Waals surface area (Å²) < 4.78 is 12.9. The van der Waals surface area contributed by atoms with Gasteiger partial charge in [0.25, 0.3) is 0 Å². The summed E-state index contributed by atoms with van der Waals surface area (Å²) in [5.74, 6) is 0.925. The third-order valence-electron chi connectivity index (χ3n) is 3.16. The highest BCUT2D eigenvalue weighted by molar-refractivity contribution is 9.10. The Hall–Kier alpha value is -1.96. The lowest BCUT2D eigenvalue weighted by atomic mass is 10.2. The molecular weight excluding hydrogens is 340 g/mol. The van der Waals surface area contributed by atoms with E-state index in [0.717, 1.165) is 12.8 Å². The molecule has 1 heterocycles. The number of ether oxygens (including phenoxy) is 2. The average Bonchev–Trinajstić information content (AvgIpc) is 3.24. The van der Waals surface area contributed by atoms with Crippen molar-refractivity contribution in [1.82, 2.24) is 20.2 Å². The van der Waals surface area contributed by atoms with Crippen LogP contribution >= 0.6 is 15.9 Å². The fourth-order valence-corrected chi connectivity index (χ4v) is 2.41. The zero-order chi connectivity index (χ0) is 14.8. The van der Waals surface area contributed by atoms with E-state index >= 15 is 0 Å². The molecule has 7 nitrogen and oxygen atoms in total. The molecule has 0 amide bonds. The molecule has 0 spiro atoms. The largest absolute Gasteiger partial charge is 0.484 e. The molecule has 1 aromatic carbocycles. The molecule has 1 aromatic heterocycles. The van der Waals surface area contributed by atoms with Gasteiger partial charge in [0.05, 0.1) is 23.2 Å². The van der Waals surface area contributed by atoms with Gasteiger partial charge in [-0.15, -0.1) is 5.10 Å². The van der Waals surface area contributed by atoms with E-state index in [4.69, 9.17) is 4.74 Å². The number of benzene rings is 1. The number of carbonyl (C=O) groups is 1. The van der Waals surface area contributed by atoms with Gasteiger partial charge in [-0.25, -0.2) is 9.48 Å². The molecule has 0 unspecified atom stereocenters. The Morgan fingerprint density at radius 3 is 2.95 bits per heavy atom. The van der Waals surface area contributed by atoms with E-state index < -0.39 is 0 Å². The minimum Gasteiger partial charge on any atom is -0.484 e. The van der Waals surface area contributed by atoms with Crippen molar-refractivity contribution >= 4 is 21.9 Å². The van der Waals surface area contributed by atoms with Gasteiger partial charge in [-0.1, -0.05) is 0 Å². The minimum atomic E-state index is -0.389. The van der Waals surface area contributed by atoms with Gasteiger partial charge in [-0.2, -0.15) is 0 Å². The average molecular weight is 353 g/mol. The molecule has 0 radical (unpaired) electrons. The predicted molar refractivity (Wildman–Crippen MR) is 75.9 cm³/mol. The first kappa shape index (κ1) is 14.0. The summed E-state index contributed by atoms with van der Waals surface area (Å²) in [6.45, 7) is 0.277. The maximum atomic E-state index is 11.4. The molecule has 0 N–H and O–H groups in total. The summed E-state index contributed by atoms with van der Waals surface area (Å²) >= 11 is 3.38. The summed E-state index contributed by atoms with van der Waals surface area (Å²) in [6.07, 6.45) is 2.21. The van der Waals surface area contributed by atoms with Crippen LogP contribution in [-0.4, -0.2) is 33.3 Å². The van der Waals surface area contributed by atoms with Crippen molar-refractivity contribution in [2.45, 2.75) is 25.5 Å². The minimum absolute atomic E-state index is 0.277. The summed E-state index contributed by atoms with van der Waals surface area (Å²) in [7, 11) is 1.35. The number of esters is 1. The van der Waals surface area contributed by atoms with Gasteiger partial charge in [0.15, 0.2) is 5.82 Å². The highest BCUT2D eigenvalue weighted by atomic mass is 79.9. The van der Waals surface area contributed by atoms with Crippen LogP contribution in [0, 0.1) is 0 Å². The van der Waals surface area contributed by atoms with E-state index in [-0.39, 0.29) is 12.6 Å². The Labute approximate surface area is 129 Å². The second kappa shape index (κ2) is 5.80. The molecule has 0 aliphatic heterocycles. The number of hydrogen-bond acceptors (Lipinski definition) is 6. The van der Waals surface area contributed by atoms with Crippen LogP contribution in [0.2, 0.25) is 0 Å². The van der Waals surface area contributed by atoms with Crippen LogP contribution in [0.25, 0.3) is 0 Å². The van der Waals surface area contributed by atoms with Crippen LogP contribution in [0.5, 0.6) is 5.75 Å². The standard InChI is InChI=1S/C13H13BrN4O3/c1-20-13(19)8-2-5-11(10(14)6-8)21-7-12-15-16-17-18(12)9-3-4-9/h2,5-6,9H,3-4,7H2,1H3. The van der Waals surface area contributed by atoms with Crippen LogP contribution in [-0.2, 0) is 11.3 Å². The van der Waals surface area contributed by atoms with Crippen molar-refractivity contribution in [3.05, 3.63) is 34.1 Å². The summed E-state index contributed by atoms with van der Waals surface area (Å²) in [6, 6.07) is 5.42. The number of hydrogen-bond donors (Lipinski definition) is 0. The third kappa shape index (κ3) is 3.05. The molecule has 110 valence electrons. The first-order valence-corrected chi connectivity index (χ1v) is 7.25. The molecule has 1 saturated carbocycles. The molecule has 0 bridgehead atoms. The van der Waals surface area contributed by atoms with Gasteiger partial charge < -0.3 is 9.47 Å². The molecule has 0 atom stereocenters. The molecule has 1 aliphatic carbocycles. The van der Waals surface area contributed by atoms with Crippen molar-refractivity contribution < 1.29 is 14.3 Å². The van der Waals surface area contributed by atoms with Gasteiger partial charge in [0.2, 0.25) is 0 Å². The number of halogens is 1. The molecule has 3 rings (SSSR count). The number of tetrazole rings is 1. The maximum Gasteiger partial charge on any atom is 0.337 e. The molecule has 0 saturated heterocycles. The van der Waals surface area contributed by atoms with Crippen molar-refractivity contribution in [3.63, 3.8) is 0 Å². The first-order chi connectivity index (χ1) is 10.2. The molecular formula is C13H13BrN4O3. The highest BCUT2D eigenvalue weighted by Crippen LogP contribution is 2.34. The van der Waals surface area contributed by atoms with Crippen molar-refractivity contribution in [2.24, 2.45) is 0 Å². The lowest BCUT2D eigenvalue weighted by Crippen LogP contribution is -2.08. The van der Waals surface area contributed by atoms with Crippen LogP contribution < -0.4 is 4.74 Å². The Balaban J connectivity index is 1.70. The fraction of sp³-hybridized carbons (Fsp3) is 0.385. The number of aromatic nitrogens is 4.